The number of amides is 1. The van der Waals surface area contributed by atoms with Crippen molar-refractivity contribution >= 4 is 5.91 Å². The summed E-state index contributed by atoms with van der Waals surface area (Å²) in [5, 5.41) is 2.57. The van der Waals surface area contributed by atoms with Crippen molar-refractivity contribution in [1.82, 2.24) is 5.32 Å². The van der Waals surface area contributed by atoms with E-state index in [-0.39, 0.29) is 23.9 Å². The van der Waals surface area contributed by atoms with E-state index in [0.29, 0.717) is 0 Å². The minimum absolute atomic E-state index is 0.0631. The second-order valence-electron chi connectivity index (χ2n) is 3.48. The summed E-state index contributed by atoms with van der Waals surface area (Å²) in [6.45, 7) is -0.978. The second kappa shape index (κ2) is 6.15. The van der Waals surface area contributed by atoms with E-state index >= 15 is 0 Å². The van der Waals surface area contributed by atoms with Crippen molar-refractivity contribution in [2.75, 3.05) is 6.54 Å². The largest absolute Gasteiger partial charge is 0.434 e. The Hall–Kier alpha value is -1.69. The van der Waals surface area contributed by atoms with E-state index in [0.717, 1.165) is 0 Å². The summed E-state index contributed by atoms with van der Waals surface area (Å²) in [6.07, 6.45) is 0. The van der Waals surface area contributed by atoms with Gasteiger partial charge in [0, 0.05) is 12.6 Å². The zero-order valence-electron chi connectivity index (χ0n) is 9.32. The molecule has 0 radical (unpaired) electrons. The van der Waals surface area contributed by atoms with Gasteiger partial charge in [-0.15, -0.1) is 0 Å². The van der Waals surface area contributed by atoms with Gasteiger partial charge in [0.2, 0.25) is 0 Å². The third-order valence-corrected chi connectivity index (χ3v) is 2.08. The van der Waals surface area contributed by atoms with Crippen molar-refractivity contribution in [3.63, 3.8) is 0 Å². The summed E-state index contributed by atoms with van der Waals surface area (Å²) in [6, 6.07) is 5.58. The molecule has 4 nitrogen and oxygen atoms in total. The topological polar surface area (TPSA) is 64.3 Å². The van der Waals surface area contributed by atoms with E-state index < -0.39 is 12.5 Å². The molecule has 1 atom stereocenters. The number of ether oxygens (including phenoxy) is 1. The van der Waals surface area contributed by atoms with Gasteiger partial charge in [0.05, 0.1) is 5.56 Å². The van der Waals surface area contributed by atoms with Crippen LogP contribution in [0.4, 0.5) is 8.78 Å². The van der Waals surface area contributed by atoms with Crippen LogP contribution in [-0.4, -0.2) is 25.1 Å². The smallest absolute Gasteiger partial charge is 0.387 e. The molecule has 1 aromatic rings. The number of benzene rings is 1. The molecule has 6 heteroatoms. The molecule has 0 aliphatic heterocycles. The summed E-state index contributed by atoms with van der Waals surface area (Å²) < 4.78 is 28.5. The monoisotopic (exact) mass is 244 g/mol. The van der Waals surface area contributed by atoms with Gasteiger partial charge in [0.1, 0.15) is 5.75 Å². The van der Waals surface area contributed by atoms with Crippen molar-refractivity contribution in [3.8, 4) is 5.75 Å². The Bertz CT molecular complexity index is 385. The number of hydrogen-bond acceptors (Lipinski definition) is 3. The first-order valence-electron chi connectivity index (χ1n) is 5.09. The van der Waals surface area contributed by atoms with Crippen LogP contribution in [0.15, 0.2) is 24.3 Å². The van der Waals surface area contributed by atoms with Crippen LogP contribution in [0.1, 0.15) is 17.3 Å². The van der Waals surface area contributed by atoms with E-state index in [1.807, 2.05) is 0 Å². The van der Waals surface area contributed by atoms with Gasteiger partial charge in [-0.2, -0.15) is 8.78 Å². The van der Waals surface area contributed by atoms with Gasteiger partial charge in [0.25, 0.3) is 5.91 Å². The molecule has 3 N–H and O–H groups in total. The zero-order valence-corrected chi connectivity index (χ0v) is 9.32. The summed E-state index contributed by atoms with van der Waals surface area (Å²) >= 11 is 0. The maximum absolute atomic E-state index is 12.1. The molecular formula is C11H14F2N2O2. The van der Waals surface area contributed by atoms with Crippen molar-refractivity contribution in [3.05, 3.63) is 29.8 Å². The van der Waals surface area contributed by atoms with Crippen LogP contribution in [-0.2, 0) is 0 Å². The number of carbonyl (C=O) groups is 1. The Kier molecular flexibility index (Phi) is 4.84. The fourth-order valence-electron chi connectivity index (χ4n) is 1.21. The molecule has 1 aromatic carbocycles. The highest BCUT2D eigenvalue weighted by Gasteiger charge is 2.16. The maximum atomic E-state index is 12.1. The van der Waals surface area contributed by atoms with Gasteiger partial charge in [-0.05, 0) is 19.1 Å². The molecule has 0 bridgehead atoms. The zero-order chi connectivity index (χ0) is 12.8. The number of carbonyl (C=O) groups excluding carboxylic acids is 1. The van der Waals surface area contributed by atoms with E-state index in [4.69, 9.17) is 5.73 Å². The highest BCUT2D eigenvalue weighted by molar-refractivity contribution is 5.97. The van der Waals surface area contributed by atoms with Crippen LogP contribution < -0.4 is 15.8 Å². The number of halogens is 2. The first-order chi connectivity index (χ1) is 8.04. The molecular weight excluding hydrogens is 230 g/mol. The highest BCUT2D eigenvalue weighted by Crippen LogP contribution is 2.20. The van der Waals surface area contributed by atoms with Gasteiger partial charge in [-0.1, -0.05) is 12.1 Å². The van der Waals surface area contributed by atoms with Crippen LogP contribution in [0, 0.1) is 0 Å². The molecule has 0 unspecified atom stereocenters. The van der Waals surface area contributed by atoms with E-state index in [2.05, 4.69) is 10.1 Å². The Morgan fingerprint density at radius 2 is 2.12 bits per heavy atom. The van der Waals surface area contributed by atoms with Crippen molar-refractivity contribution in [2.24, 2.45) is 5.73 Å². The molecule has 0 spiro atoms. The Morgan fingerprint density at radius 3 is 2.71 bits per heavy atom. The standard InChI is InChI=1S/C11H14F2N2O2/c1-7(6-14)15-10(16)8-4-2-3-5-9(8)17-11(12)13/h2-5,7,11H,6,14H2,1H3,(H,15,16)/t7-/m1/s1. The molecule has 0 saturated heterocycles. The lowest BCUT2D eigenvalue weighted by Gasteiger charge is -2.14. The SMILES string of the molecule is C[C@H](CN)NC(=O)c1ccccc1OC(F)F. The summed E-state index contributed by atoms with van der Waals surface area (Å²) in [5.74, 6) is -0.636. The molecule has 0 saturated carbocycles. The van der Waals surface area contributed by atoms with Gasteiger partial charge in [-0.25, -0.2) is 0 Å². The minimum atomic E-state index is -2.96. The quantitative estimate of drug-likeness (QED) is 0.822. The van der Waals surface area contributed by atoms with Gasteiger partial charge >= 0.3 is 6.61 Å². The molecule has 0 fully saturated rings. The molecule has 0 aliphatic carbocycles. The summed E-state index contributed by atoms with van der Waals surface area (Å²) in [5.41, 5.74) is 5.41. The maximum Gasteiger partial charge on any atom is 0.387 e. The van der Waals surface area contributed by atoms with Gasteiger partial charge in [-0.3, -0.25) is 4.79 Å². The molecule has 0 aliphatic rings. The van der Waals surface area contributed by atoms with Crippen molar-refractivity contribution < 1.29 is 18.3 Å². The highest BCUT2D eigenvalue weighted by atomic mass is 19.3. The average Bonchev–Trinajstić information content (AvgIpc) is 2.28. The predicted octanol–water partition coefficient (Wildman–Crippen LogP) is 1.36. The third kappa shape index (κ3) is 3.99. The molecule has 94 valence electrons. The second-order valence-corrected chi connectivity index (χ2v) is 3.48. The van der Waals surface area contributed by atoms with Crippen molar-refractivity contribution in [2.45, 2.75) is 19.6 Å². The van der Waals surface area contributed by atoms with E-state index in [1.54, 1.807) is 13.0 Å². The Labute approximate surface area is 97.8 Å². The fourth-order valence-corrected chi connectivity index (χ4v) is 1.21. The van der Waals surface area contributed by atoms with Crippen LogP contribution in [0.25, 0.3) is 0 Å². The Morgan fingerprint density at radius 1 is 1.47 bits per heavy atom. The first-order valence-corrected chi connectivity index (χ1v) is 5.09. The number of rotatable bonds is 5. The van der Waals surface area contributed by atoms with Crippen LogP contribution >= 0.6 is 0 Å². The number of alkyl halides is 2. The van der Waals surface area contributed by atoms with Crippen LogP contribution in [0.2, 0.25) is 0 Å². The molecule has 1 rings (SSSR count). The first kappa shape index (κ1) is 13.4. The predicted molar refractivity (Wildman–Crippen MR) is 59.1 cm³/mol. The third-order valence-electron chi connectivity index (χ3n) is 2.08. The molecule has 17 heavy (non-hydrogen) atoms. The van der Waals surface area contributed by atoms with Gasteiger partial charge < -0.3 is 15.8 Å². The van der Waals surface area contributed by atoms with Crippen molar-refractivity contribution in [1.29, 1.82) is 0 Å². The summed E-state index contributed by atoms with van der Waals surface area (Å²) in [7, 11) is 0. The Balaban J connectivity index is 2.85. The molecule has 1 amide bonds. The molecule has 0 heterocycles. The lowest BCUT2D eigenvalue weighted by molar-refractivity contribution is -0.0501. The van der Waals surface area contributed by atoms with Gasteiger partial charge in [0.15, 0.2) is 0 Å². The van der Waals surface area contributed by atoms with E-state index in [9.17, 15) is 13.6 Å². The number of nitrogens with one attached hydrogen (secondary N) is 1. The average molecular weight is 244 g/mol. The van der Waals surface area contributed by atoms with Crippen LogP contribution in [0.3, 0.4) is 0 Å². The minimum Gasteiger partial charge on any atom is -0.434 e. The number of nitrogens with two attached hydrogens (primary N) is 1. The van der Waals surface area contributed by atoms with E-state index in [1.165, 1.54) is 18.2 Å². The molecule has 0 aromatic heterocycles. The lowest BCUT2D eigenvalue weighted by atomic mass is 10.1. The number of hydrogen-bond donors (Lipinski definition) is 2. The normalized spacial score (nSPS) is 12.3. The fraction of sp³-hybridized carbons (Fsp3) is 0.364. The summed E-state index contributed by atoms with van der Waals surface area (Å²) in [4.78, 5) is 11.7. The lowest BCUT2D eigenvalue weighted by Crippen LogP contribution is -2.38. The number of para-hydroxylation sites is 1. The van der Waals surface area contributed by atoms with Crippen LogP contribution in [0.5, 0.6) is 5.75 Å².